The molecule has 1 atom stereocenters. The third kappa shape index (κ3) is 3.62. The second-order valence-electron chi connectivity index (χ2n) is 6.14. The molecule has 1 saturated heterocycles. The van der Waals surface area contributed by atoms with Crippen LogP contribution in [-0.4, -0.2) is 37.9 Å². The molecular formula is C20H20N2O5. The van der Waals surface area contributed by atoms with E-state index in [1.54, 1.807) is 42.5 Å². The molecule has 7 heteroatoms. The quantitative estimate of drug-likeness (QED) is 0.623. The maximum Gasteiger partial charge on any atom is 0.256 e. The van der Waals surface area contributed by atoms with Gasteiger partial charge in [-0.1, -0.05) is 12.1 Å². The number of rotatable bonds is 6. The molecule has 0 unspecified atom stereocenters. The van der Waals surface area contributed by atoms with Crippen LogP contribution < -0.4 is 19.7 Å². The molecule has 27 heavy (non-hydrogen) atoms. The predicted octanol–water partition coefficient (Wildman–Crippen LogP) is 2.65. The van der Waals surface area contributed by atoms with Crippen molar-refractivity contribution in [2.45, 2.75) is 19.4 Å². The van der Waals surface area contributed by atoms with Gasteiger partial charge in [0.05, 0.1) is 26.3 Å². The Labute approximate surface area is 156 Å². The summed E-state index contributed by atoms with van der Waals surface area (Å²) in [6.07, 6.45) is 0.0253. The van der Waals surface area contributed by atoms with Crippen molar-refractivity contribution in [2.75, 3.05) is 24.4 Å². The fraction of sp³-hybridized carbons (Fsp3) is 0.250. The van der Waals surface area contributed by atoms with Crippen molar-refractivity contribution in [1.29, 1.82) is 0 Å². The number of methoxy groups -OCH3 is 2. The maximum atomic E-state index is 12.8. The van der Waals surface area contributed by atoms with Crippen LogP contribution in [0, 0.1) is 0 Å². The summed E-state index contributed by atoms with van der Waals surface area (Å²) in [6.45, 7) is 1.47. The second kappa shape index (κ2) is 7.49. The van der Waals surface area contributed by atoms with Crippen molar-refractivity contribution < 1.29 is 23.9 Å². The molecule has 140 valence electrons. The molecule has 1 aliphatic rings. The van der Waals surface area contributed by atoms with Crippen LogP contribution in [0.25, 0.3) is 0 Å². The van der Waals surface area contributed by atoms with E-state index in [1.165, 1.54) is 21.1 Å². The Hall–Kier alpha value is -3.35. The SMILES string of the molecule is COc1ccc(N2C(=O)C[C@@H](Nc3cccc(C(C)=O)c3)C2=O)cc1OC. The first-order valence-corrected chi connectivity index (χ1v) is 8.41. The number of amides is 2. The van der Waals surface area contributed by atoms with Gasteiger partial charge in [0.15, 0.2) is 17.3 Å². The van der Waals surface area contributed by atoms with E-state index in [4.69, 9.17) is 9.47 Å². The molecule has 3 rings (SSSR count). The number of hydrogen-bond donors (Lipinski definition) is 1. The molecule has 2 amide bonds. The molecule has 0 bridgehead atoms. The Bertz CT molecular complexity index is 909. The van der Waals surface area contributed by atoms with Crippen LogP contribution in [0.2, 0.25) is 0 Å². The van der Waals surface area contributed by atoms with Crippen molar-refractivity contribution in [3.05, 3.63) is 48.0 Å². The summed E-state index contributed by atoms with van der Waals surface area (Å²) in [5.74, 6) is 0.199. The summed E-state index contributed by atoms with van der Waals surface area (Å²) >= 11 is 0. The Balaban J connectivity index is 1.83. The largest absolute Gasteiger partial charge is 0.493 e. The van der Waals surface area contributed by atoms with Crippen molar-refractivity contribution in [3.8, 4) is 11.5 Å². The first kappa shape index (κ1) is 18.4. The van der Waals surface area contributed by atoms with Gasteiger partial charge >= 0.3 is 0 Å². The molecule has 0 aromatic heterocycles. The zero-order valence-electron chi connectivity index (χ0n) is 15.3. The van der Waals surface area contributed by atoms with E-state index in [1.807, 2.05) is 0 Å². The minimum Gasteiger partial charge on any atom is -0.493 e. The zero-order valence-corrected chi connectivity index (χ0v) is 15.3. The number of Topliss-reactive ketones (excluding diaryl/α,β-unsaturated/α-hetero) is 1. The van der Waals surface area contributed by atoms with E-state index >= 15 is 0 Å². The molecule has 0 radical (unpaired) electrons. The first-order chi connectivity index (χ1) is 12.9. The molecular weight excluding hydrogens is 348 g/mol. The fourth-order valence-electron chi connectivity index (χ4n) is 3.01. The summed E-state index contributed by atoms with van der Waals surface area (Å²) in [4.78, 5) is 37.9. The monoisotopic (exact) mass is 368 g/mol. The Kier molecular flexibility index (Phi) is 5.12. The number of carbonyl (C=O) groups is 3. The van der Waals surface area contributed by atoms with Crippen molar-refractivity contribution in [1.82, 2.24) is 0 Å². The third-order valence-electron chi connectivity index (χ3n) is 4.38. The van der Waals surface area contributed by atoms with Crippen molar-refractivity contribution >= 4 is 29.0 Å². The van der Waals surface area contributed by atoms with Gasteiger partial charge in [0.1, 0.15) is 6.04 Å². The van der Waals surface area contributed by atoms with E-state index in [9.17, 15) is 14.4 Å². The maximum absolute atomic E-state index is 12.8. The Morgan fingerprint density at radius 2 is 1.81 bits per heavy atom. The zero-order chi connectivity index (χ0) is 19.6. The predicted molar refractivity (Wildman–Crippen MR) is 101 cm³/mol. The van der Waals surface area contributed by atoms with Gasteiger partial charge in [-0.05, 0) is 31.2 Å². The second-order valence-corrected chi connectivity index (χ2v) is 6.14. The van der Waals surface area contributed by atoms with Crippen LogP contribution >= 0.6 is 0 Å². The van der Waals surface area contributed by atoms with E-state index in [0.29, 0.717) is 28.4 Å². The first-order valence-electron chi connectivity index (χ1n) is 8.41. The smallest absolute Gasteiger partial charge is 0.256 e. The summed E-state index contributed by atoms with van der Waals surface area (Å²) in [5.41, 5.74) is 1.57. The number of imide groups is 1. The van der Waals surface area contributed by atoms with Crippen LogP contribution in [0.15, 0.2) is 42.5 Å². The fourth-order valence-corrected chi connectivity index (χ4v) is 3.01. The van der Waals surface area contributed by atoms with Gasteiger partial charge in [-0.15, -0.1) is 0 Å². The molecule has 1 heterocycles. The molecule has 7 nitrogen and oxygen atoms in total. The highest BCUT2D eigenvalue weighted by Crippen LogP contribution is 2.34. The average Bonchev–Trinajstić information content (AvgIpc) is 2.94. The number of nitrogens with one attached hydrogen (secondary N) is 1. The lowest BCUT2D eigenvalue weighted by molar-refractivity contribution is -0.121. The molecule has 1 fully saturated rings. The number of hydrogen-bond acceptors (Lipinski definition) is 6. The molecule has 0 saturated carbocycles. The summed E-state index contributed by atoms with van der Waals surface area (Å²) in [7, 11) is 3.00. The van der Waals surface area contributed by atoms with Crippen molar-refractivity contribution in [3.63, 3.8) is 0 Å². The van der Waals surface area contributed by atoms with Crippen LogP contribution in [0.4, 0.5) is 11.4 Å². The van der Waals surface area contributed by atoms with Gasteiger partial charge in [-0.3, -0.25) is 14.4 Å². The van der Waals surface area contributed by atoms with Crippen LogP contribution in [-0.2, 0) is 9.59 Å². The Morgan fingerprint density at radius 1 is 1.07 bits per heavy atom. The number of carbonyl (C=O) groups excluding carboxylic acids is 3. The number of benzene rings is 2. The van der Waals surface area contributed by atoms with E-state index in [2.05, 4.69) is 5.32 Å². The molecule has 2 aromatic carbocycles. The van der Waals surface area contributed by atoms with Gasteiger partial charge in [-0.25, -0.2) is 4.90 Å². The van der Waals surface area contributed by atoms with Gasteiger partial charge in [0.2, 0.25) is 5.91 Å². The molecule has 0 aliphatic carbocycles. The number of ketones is 1. The molecule has 2 aromatic rings. The lowest BCUT2D eigenvalue weighted by Crippen LogP contribution is -2.34. The highest BCUT2D eigenvalue weighted by atomic mass is 16.5. The average molecular weight is 368 g/mol. The van der Waals surface area contributed by atoms with Gasteiger partial charge < -0.3 is 14.8 Å². The van der Waals surface area contributed by atoms with Crippen molar-refractivity contribution in [2.24, 2.45) is 0 Å². The number of nitrogens with zero attached hydrogens (tertiary/aromatic N) is 1. The van der Waals surface area contributed by atoms with Gasteiger partial charge in [0.25, 0.3) is 5.91 Å². The van der Waals surface area contributed by atoms with Crippen LogP contribution in [0.3, 0.4) is 0 Å². The molecule has 1 N–H and O–H groups in total. The van der Waals surface area contributed by atoms with E-state index in [-0.39, 0.29) is 24.0 Å². The van der Waals surface area contributed by atoms with Crippen LogP contribution in [0.1, 0.15) is 23.7 Å². The normalized spacial score (nSPS) is 16.4. The number of anilines is 2. The minimum atomic E-state index is -0.701. The summed E-state index contributed by atoms with van der Waals surface area (Å²) in [5, 5.41) is 3.05. The minimum absolute atomic E-state index is 0.0253. The number of ether oxygens (including phenoxy) is 2. The standard InChI is InChI=1S/C20H20N2O5/c1-12(23)13-5-4-6-14(9-13)21-16-11-19(24)22(20(16)25)15-7-8-17(26-2)18(10-15)27-3/h4-10,16,21H,11H2,1-3H3/t16-/m1/s1. The summed E-state index contributed by atoms with van der Waals surface area (Å²) < 4.78 is 10.4. The van der Waals surface area contributed by atoms with E-state index in [0.717, 1.165) is 4.90 Å². The third-order valence-corrected chi connectivity index (χ3v) is 4.38. The van der Waals surface area contributed by atoms with Crippen LogP contribution in [0.5, 0.6) is 11.5 Å². The topological polar surface area (TPSA) is 84.9 Å². The molecule has 1 aliphatic heterocycles. The lowest BCUT2D eigenvalue weighted by atomic mass is 10.1. The lowest BCUT2D eigenvalue weighted by Gasteiger charge is -2.18. The van der Waals surface area contributed by atoms with Gasteiger partial charge in [-0.2, -0.15) is 0 Å². The van der Waals surface area contributed by atoms with E-state index < -0.39 is 6.04 Å². The summed E-state index contributed by atoms with van der Waals surface area (Å²) in [6, 6.07) is 11.0. The highest BCUT2D eigenvalue weighted by Gasteiger charge is 2.39. The Morgan fingerprint density at radius 3 is 2.48 bits per heavy atom. The molecule has 0 spiro atoms. The van der Waals surface area contributed by atoms with Gasteiger partial charge in [0, 0.05) is 17.3 Å². The highest BCUT2D eigenvalue weighted by molar-refractivity contribution is 6.23.